The summed E-state index contributed by atoms with van der Waals surface area (Å²) in [6, 6.07) is 0.649. The van der Waals surface area contributed by atoms with Gasteiger partial charge in [-0.15, -0.1) is 0 Å². The van der Waals surface area contributed by atoms with Crippen molar-refractivity contribution in [2.24, 2.45) is 5.92 Å². The Morgan fingerprint density at radius 3 is 2.67 bits per heavy atom. The van der Waals surface area contributed by atoms with Gasteiger partial charge in [0.05, 0.1) is 0 Å². The lowest BCUT2D eigenvalue weighted by Gasteiger charge is -2.20. The van der Waals surface area contributed by atoms with Gasteiger partial charge in [-0.25, -0.2) is 0 Å². The zero-order chi connectivity index (χ0) is 8.97. The van der Waals surface area contributed by atoms with Gasteiger partial charge in [0.2, 0.25) is 0 Å². The predicted octanol–water partition coefficient (Wildman–Crippen LogP) is 1.33. The molecule has 1 aliphatic carbocycles. The molecule has 0 heterocycles. The van der Waals surface area contributed by atoms with Crippen LogP contribution in [-0.4, -0.2) is 37.6 Å². The lowest BCUT2D eigenvalue weighted by Crippen LogP contribution is -2.38. The fourth-order valence-corrected chi connectivity index (χ4v) is 1.35. The number of nitrogens with one attached hydrogen (secondary N) is 1. The molecule has 1 N–H and O–H groups in total. The van der Waals surface area contributed by atoms with Crippen molar-refractivity contribution < 1.29 is 0 Å². The van der Waals surface area contributed by atoms with E-state index >= 15 is 0 Å². The normalized spacial score (nSPS) is 20.0. The summed E-state index contributed by atoms with van der Waals surface area (Å²) in [7, 11) is 2.18. The maximum absolute atomic E-state index is 3.57. The SMILES string of the molecule is CCN(C)CC(C)NCC1CC1. The summed E-state index contributed by atoms with van der Waals surface area (Å²) in [5.74, 6) is 0.999. The summed E-state index contributed by atoms with van der Waals surface area (Å²) in [6.07, 6.45) is 2.90. The predicted molar refractivity (Wildman–Crippen MR) is 53.4 cm³/mol. The van der Waals surface area contributed by atoms with Crippen molar-refractivity contribution in [3.8, 4) is 0 Å². The Morgan fingerprint density at radius 1 is 1.50 bits per heavy atom. The molecule has 12 heavy (non-hydrogen) atoms. The minimum absolute atomic E-state index is 0.649. The van der Waals surface area contributed by atoms with Gasteiger partial charge in [-0.3, -0.25) is 0 Å². The van der Waals surface area contributed by atoms with Gasteiger partial charge in [0.15, 0.2) is 0 Å². The largest absolute Gasteiger partial charge is 0.313 e. The molecule has 0 spiro atoms. The molecule has 1 unspecified atom stereocenters. The smallest absolute Gasteiger partial charge is 0.0166 e. The second-order valence-electron chi connectivity index (χ2n) is 4.11. The number of hydrogen-bond donors (Lipinski definition) is 1. The first-order chi connectivity index (χ1) is 5.72. The highest BCUT2D eigenvalue weighted by atomic mass is 15.1. The summed E-state index contributed by atoms with van der Waals surface area (Å²) >= 11 is 0. The van der Waals surface area contributed by atoms with E-state index < -0.39 is 0 Å². The van der Waals surface area contributed by atoms with E-state index in [0.717, 1.165) is 12.5 Å². The molecular formula is C10H22N2. The Bertz CT molecular complexity index is 121. The van der Waals surface area contributed by atoms with E-state index in [1.54, 1.807) is 0 Å². The lowest BCUT2D eigenvalue weighted by molar-refractivity contribution is 0.309. The first kappa shape index (κ1) is 10.0. The highest BCUT2D eigenvalue weighted by Gasteiger charge is 2.21. The highest BCUT2D eigenvalue weighted by Crippen LogP contribution is 2.27. The molecule has 0 bridgehead atoms. The van der Waals surface area contributed by atoms with Gasteiger partial charge in [-0.2, -0.15) is 0 Å². The molecule has 0 radical (unpaired) electrons. The minimum Gasteiger partial charge on any atom is -0.313 e. The van der Waals surface area contributed by atoms with Gasteiger partial charge in [-0.05, 0) is 45.8 Å². The first-order valence-electron chi connectivity index (χ1n) is 5.14. The summed E-state index contributed by atoms with van der Waals surface area (Å²) in [5, 5.41) is 3.57. The van der Waals surface area contributed by atoms with Gasteiger partial charge in [0, 0.05) is 12.6 Å². The van der Waals surface area contributed by atoms with Crippen LogP contribution in [0.5, 0.6) is 0 Å². The fourth-order valence-electron chi connectivity index (χ4n) is 1.35. The zero-order valence-corrected chi connectivity index (χ0v) is 8.64. The molecule has 1 aliphatic rings. The summed E-state index contributed by atoms with van der Waals surface area (Å²) in [6.45, 7) is 8.03. The van der Waals surface area contributed by atoms with Crippen LogP contribution in [0.2, 0.25) is 0 Å². The molecule has 0 aromatic rings. The third kappa shape index (κ3) is 4.07. The van der Waals surface area contributed by atoms with Crippen molar-refractivity contribution in [3.63, 3.8) is 0 Å². The van der Waals surface area contributed by atoms with E-state index in [2.05, 4.69) is 31.1 Å². The quantitative estimate of drug-likeness (QED) is 0.647. The number of nitrogens with zero attached hydrogens (tertiary/aromatic N) is 1. The van der Waals surface area contributed by atoms with Crippen molar-refractivity contribution in [1.29, 1.82) is 0 Å². The van der Waals surface area contributed by atoms with E-state index in [4.69, 9.17) is 0 Å². The van der Waals surface area contributed by atoms with Crippen LogP contribution < -0.4 is 5.32 Å². The van der Waals surface area contributed by atoms with Crippen LogP contribution in [0.3, 0.4) is 0 Å². The Balaban J connectivity index is 1.97. The van der Waals surface area contributed by atoms with Crippen LogP contribution >= 0.6 is 0 Å². The molecule has 1 atom stereocenters. The Labute approximate surface area is 76.3 Å². The maximum Gasteiger partial charge on any atom is 0.0166 e. The standard InChI is InChI=1S/C10H22N2/c1-4-12(3)8-9(2)11-7-10-5-6-10/h9-11H,4-8H2,1-3H3. The Morgan fingerprint density at radius 2 is 2.17 bits per heavy atom. The van der Waals surface area contributed by atoms with Crippen LogP contribution in [0, 0.1) is 5.92 Å². The zero-order valence-electron chi connectivity index (χ0n) is 8.64. The number of likely N-dealkylation sites (N-methyl/N-ethyl adjacent to an activating group) is 1. The van der Waals surface area contributed by atoms with Crippen molar-refractivity contribution in [1.82, 2.24) is 10.2 Å². The molecule has 1 saturated carbocycles. The third-order valence-electron chi connectivity index (χ3n) is 2.58. The summed E-state index contributed by atoms with van der Waals surface area (Å²) in [5.41, 5.74) is 0. The number of rotatable bonds is 6. The average molecular weight is 170 g/mol. The lowest BCUT2D eigenvalue weighted by atomic mass is 10.3. The van der Waals surface area contributed by atoms with Crippen molar-refractivity contribution in [2.45, 2.75) is 32.7 Å². The Hall–Kier alpha value is -0.0800. The molecule has 2 nitrogen and oxygen atoms in total. The molecule has 0 aliphatic heterocycles. The van der Waals surface area contributed by atoms with Crippen molar-refractivity contribution in [2.75, 3.05) is 26.7 Å². The van der Waals surface area contributed by atoms with Crippen molar-refractivity contribution in [3.05, 3.63) is 0 Å². The summed E-state index contributed by atoms with van der Waals surface area (Å²) in [4.78, 5) is 2.35. The number of hydrogen-bond acceptors (Lipinski definition) is 2. The average Bonchev–Trinajstić information content (AvgIpc) is 2.83. The highest BCUT2D eigenvalue weighted by molar-refractivity contribution is 4.77. The molecule has 0 saturated heterocycles. The molecule has 0 amide bonds. The van der Waals surface area contributed by atoms with Crippen LogP contribution in [0.4, 0.5) is 0 Å². The minimum atomic E-state index is 0.649. The monoisotopic (exact) mass is 170 g/mol. The van der Waals surface area contributed by atoms with Crippen LogP contribution in [-0.2, 0) is 0 Å². The van der Waals surface area contributed by atoms with E-state index in [-0.39, 0.29) is 0 Å². The molecular weight excluding hydrogens is 148 g/mol. The second-order valence-corrected chi connectivity index (χ2v) is 4.11. The molecule has 2 heteroatoms. The van der Waals surface area contributed by atoms with Gasteiger partial charge < -0.3 is 10.2 Å². The van der Waals surface area contributed by atoms with E-state index in [1.807, 2.05) is 0 Å². The van der Waals surface area contributed by atoms with Crippen LogP contribution in [0.25, 0.3) is 0 Å². The maximum atomic E-state index is 3.57. The van der Waals surface area contributed by atoms with Crippen molar-refractivity contribution >= 4 is 0 Å². The van der Waals surface area contributed by atoms with Gasteiger partial charge in [-0.1, -0.05) is 6.92 Å². The summed E-state index contributed by atoms with van der Waals surface area (Å²) < 4.78 is 0. The van der Waals surface area contributed by atoms with Gasteiger partial charge in [0.25, 0.3) is 0 Å². The van der Waals surface area contributed by atoms with E-state index in [1.165, 1.54) is 25.9 Å². The molecule has 1 rings (SSSR count). The first-order valence-corrected chi connectivity index (χ1v) is 5.14. The fraction of sp³-hybridized carbons (Fsp3) is 1.00. The Kier molecular flexibility index (Phi) is 4.02. The van der Waals surface area contributed by atoms with Crippen LogP contribution in [0.1, 0.15) is 26.7 Å². The molecule has 0 aromatic carbocycles. The van der Waals surface area contributed by atoms with Crippen LogP contribution in [0.15, 0.2) is 0 Å². The van der Waals surface area contributed by atoms with E-state index in [9.17, 15) is 0 Å². The van der Waals surface area contributed by atoms with Gasteiger partial charge in [0.1, 0.15) is 0 Å². The third-order valence-corrected chi connectivity index (χ3v) is 2.58. The topological polar surface area (TPSA) is 15.3 Å². The second kappa shape index (κ2) is 4.83. The van der Waals surface area contributed by atoms with E-state index in [0.29, 0.717) is 6.04 Å². The molecule has 1 fully saturated rings. The molecule has 0 aromatic heterocycles. The molecule has 72 valence electrons. The van der Waals surface area contributed by atoms with Gasteiger partial charge >= 0.3 is 0 Å².